The van der Waals surface area contributed by atoms with Crippen molar-refractivity contribution in [2.75, 3.05) is 0 Å². The number of hydrogen-bond acceptors (Lipinski definition) is 1. The molecular formula is C10H10F3NO2. The molecule has 0 fully saturated rings. The lowest BCUT2D eigenvalue weighted by atomic mass is 10.2. The smallest absolute Gasteiger partial charge is 0.418 e. The van der Waals surface area contributed by atoms with E-state index in [1.165, 1.54) is 0 Å². The quantitative estimate of drug-likeness (QED) is 0.815. The molecular weight excluding hydrogens is 223 g/mol. The van der Waals surface area contributed by atoms with Gasteiger partial charge in [-0.05, 0) is 6.92 Å². The third kappa shape index (κ3) is 2.65. The number of aromatic carboxylic acids is 1. The molecule has 0 unspecified atom stereocenters. The molecule has 0 aromatic carbocycles. The molecule has 0 amide bonds. The first kappa shape index (κ1) is 12.4. The molecule has 1 aromatic heterocycles. The zero-order valence-electron chi connectivity index (χ0n) is 8.51. The highest BCUT2D eigenvalue weighted by molar-refractivity contribution is 5.89. The summed E-state index contributed by atoms with van der Waals surface area (Å²) in [6.45, 7) is 5.36. The van der Waals surface area contributed by atoms with Crippen molar-refractivity contribution in [3.63, 3.8) is 0 Å². The van der Waals surface area contributed by atoms with E-state index in [0.29, 0.717) is 5.57 Å². The Morgan fingerprint density at radius 1 is 1.50 bits per heavy atom. The number of rotatable bonds is 3. The van der Waals surface area contributed by atoms with Crippen LogP contribution in [0.25, 0.3) is 0 Å². The third-order valence-corrected chi connectivity index (χ3v) is 1.87. The molecule has 0 saturated carbocycles. The molecule has 0 saturated heterocycles. The molecule has 0 aliphatic carbocycles. The van der Waals surface area contributed by atoms with Gasteiger partial charge in [0.1, 0.15) is 0 Å². The van der Waals surface area contributed by atoms with Crippen molar-refractivity contribution >= 4 is 5.97 Å². The van der Waals surface area contributed by atoms with Gasteiger partial charge in [0, 0.05) is 18.9 Å². The van der Waals surface area contributed by atoms with Crippen molar-refractivity contribution in [3.05, 3.63) is 35.7 Å². The molecule has 0 atom stereocenters. The summed E-state index contributed by atoms with van der Waals surface area (Å²) in [5.74, 6) is -1.59. The Morgan fingerprint density at radius 3 is 2.38 bits per heavy atom. The van der Waals surface area contributed by atoms with E-state index >= 15 is 0 Å². The van der Waals surface area contributed by atoms with E-state index in [0.717, 1.165) is 17.0 Å². The van der Waals surface area contributed by atoms with Crippen LogP contribution in [0.5, 0.6) is 0 Å². The fourth-order valence-corrected chi connectivity index (χ4v) is 1.31. The van der Waals surface area contributed by atoms with Gasteiger partial charge in [0.15, 0.2) is 0 Å². The summed E-state index contributed by atoms with van der Waals surface area (Å²) in [5, 5.41) is 8.64. The molecule has 1 heterocycles. The predicted molar refractivity (Wildman–Crippen MR) is 51.2 cm³/mol. The molecule has 6 heteroatoms. The number of carboxylic acids is 1. The summed E-state index contributed by atoms with van der Waals surface area (Å²) in [6.07, 6.45) is -2.92. The highest BCUT2D eigenvalue weighted by atomic mass is 19.4. The molecule has 88 valence electrons. The Hall–Kier alpha value is -1.72. The number of carbonyl (C=O) groups is 1. The zero-order chi connectivity index (χ0) is 12.5. The fraction of sp³-hybridized carbons (Fsp3) is 0.300. The van der Waals surface area contributed by atoms with Crippen LogP contribution in [-0.2, 0) is 12.7 Å². The van der Waals surface area contributed by atoms with E-state index in [2.05, 4.69) is 6.58 Å². The second-order valence-corrected chi connectivity index (χ2v) is 3.52. The van der Waals surface area contributed by atoms with Crippen LogP contribution in [0.4, 0.5) is 13.2 Å². The topological polar surface area (TPSA) is 42.2 Å². The maximum Gasteiger partial charge on any atom is 0.418 e. The number of aromatic nitrogens is 1. The van der Waals surface area contributed by atoms with Gasteiger partial charge in [0.2, 0.25) is 0 Å². The molecule has 0 spiro atoms. The van der Waals surface area contributed by atoms with Gasteiger partial charge in [-0.1, -0.05) is 12.2 Å². The van der Waals surface area contributed by atoms with E-state index < -0.39 is 23.3 Å². The van der Waals surface area contributed by atoms with Gasteiger partial charge in [0.25, 0.3) is 0 Å². The Morgan fingerprint density at radius 2 is 2.06 bits per heavy atom. The Balaban J connectivity index is 3.21. The molecule has 3 nitrogen and oxygen atoms in total. The second kappa shape index (κ2) is 4.03. The zero-order valence-corrected chi connectivity index (χ0v) is 8.51. The van der Waals surface area contributed by atoms with Gasteiger partial charge in [0.05, 0.1) is 11.1 Å². The van der Waals surface area contributed by atoms with Crippen molar-refractivity contribution in [1.82, 2.24) is 4.57 Å². The number of hydrogen-bond donors (Lipinski definition) is 1. The van der Waals surface area contributed by atoms with Gasteiger partial charge >= 0.3 is 12.1 Å². The van der Waals surface area contributed by atoms with E-state index in [9.17, 15) is 18.0 Å². The summed E-state index contributed by atoms with van der Waals surface area (Å²) < 4.78 is 38.5. The summed E-state index contributed by atoms with van der Waals surface area (Å²) >= 11 is 0. The second-order valence-electron chi connectivity index (χ2n) is 3.52. The van der Waals surface area contributed by atoms with Crippen LogP contribution < -0.4 is 0 Å². The van der Waals surface area contributed by atoms with E-state index in [-0.39, 0.29) is 6.54 Å². The normalized spacial score (nSPS) is 11.5. The van der Waals surface area contributed by atoms with Crippen LogP contribution in [0.1, 0.15) is 22.8 Å². The summed E-state index contributed by atoms with van der Waals surface area (Å²) in [6, 6.07) is 0. The Bertz CT molecular complexity index is 432. The lowest BCUT2D eigenvalue weighted by Gasteiger charge is -2.04. The number of carboxylic acid groups (broad SMARTS) is 1. The highest BCUT2D eigenvalue weighted by Crippen LogP contribution is 2.32. The lowest BCUT2D eigenvalue weighted by Crippen LogP contribution is -2.09. The van der Waals surface area contributed by atoms with E-state index in [1.54, 1.807) is 6.92 Å². The molecule has 1 aromatic rings. The maximum atomic E-state index is 12.5. The molecule has 0 aliphatic heterocycles. The van der Waals surface area contributed by atoms with Crippen molar-refractivity contribution in [1.29, 1.82) is 0 Å². The molecule has 1 rings (SSSR count). The number of alkyl halides is 3. The molecule has 1 N–H and O–H groups in total. The first-order chi connectivity index (χ1) is 7.21. The maximum absolute atomic E-state index is 12.5. The fourth-order valence-electron chi connectivity index (χ4n) is 1.31. The van der Waals surface area contributed by atoms with E-state index in [4.69, 9.17) is 5.11 Å². The standard InChI is InChI=1S/C10H10F3NO2/c1-6(2)3-14-4-7(9(15)16)8(5-14)10(11,12)13/h4-5H,1,3H2,2H3,(H,15,16). The number of nitrogens with zero attached hydrogens (tertiary/aromatic N) is 1. The van der Waals surface area contributed by atoms with Crippen LogP contribution in [0, 0.1) is 0 Å². The third-order valence-electron chi connectivity index (χ3n) is 1.87. The molecule has 0 bridgehead atoms. The van der Waals surface area contributed by atoms with Crippen LogP contribution in [0.2, 0.25) is 0 Å². The van der Waals surface area contributed by atoms with Crippen molar-refractivity contribution in [2.24, 2.45) is 0 Å². The summed E-state index contributed by atoms with van der Waals surface area (Å²) in [7, 11) is 0. The monoisotopic (exact) mass is 233 g/mol. The van der Waals surface area contributed by atoms with Crippen LogP contribution in [-0.4, -0.2) is 15.6 Å². The van der Waals surface area contributed by atoms with Crippen molar-refractivity contribution in [3.8, 4) is 0 Å². The first-order valence-electron chi connectivity index (χ1n) is 4.36. The van der Waals surface area contributed by atoms with Gasteiger partial charge in [-0.2, -0.15) is 13.2 Å². The Kier molecular flexibility index (Phi) is 3.11. The molecule has 0 aliphatic rings. The predicted octanol–water partition coefficient (Wildman–Crippen LogP) is 2.78. The van der Waals surface area contributed by atoms with Gasteiger partial charge < -0.3 is 9.67 Å². The number of allylic oxidation sites excluding steroid dienone is 1. The molecule has 0 radical (unpaired) electrons. The van der Waals surface area contributed by atoms with Crippen LogP contribution in [0.15, 0.2) is 24.5 Å². The van der Waals surface area contributed by atoms with Crippen LogP contribution in [0.3, 0.4) is 0 Å². The van der Waals surface area contributed by atoms with Crippen molar-refractivity contribution < 1.29 is 23.1 Å². The molecule has 16 heavy (non-hydrogen) atoms. The minimum atomic E-state index is -4.66. The lowest BCUT2D eigenvalue weighted by molar-refractivity contribution is -0.138. The van der Waals surface area contributed by atoms with Crippen molar-refractivity contribution in [2.45, 2.75) is 19.6 Å². The minimum Gasteiger partial charge on any atom is -0.478 e. The highest BCUT2D eigenvalue weighted by Gasteiger charge is 2.36. The minimum absolute atomic E-state index is 0.163. The van der Waals surface area contributed by atoms with Crippen LogP contribution >= 0.6 is 0 Å². The average Bonchev–Trinajstić information content (AvgIpc) is 2.45. The number of halogens is 3. The Labute approximate surface area is 89.8 Å². The van der Waals surface area contributed by atoms with Gasteiger partial charge in [-0.3, -0.25) is 0 Å². The first-order valence-corrected chi connectivity index (χ1v) is 4.36. The average molecular weight is 233 g/mol. The SMILES string of the molecule is C=C(C)Cn1cc(C(=O)O)c(C(F)(F)F)c1. The summed E-state index contributed by atoms with van der Waals surface area (Å²) in [4.78, 5) is 10.6. The van der Waals surface area contributed by atoms with Gasteiger partial charge in [-0.25, -0.2) is 4.79 Å². The summed E-state index contributed by atoms with van der Waals surface area (Å²) in [5.41, 5.74) is -1.24. The van der Waals surface area contributed by atoms with Gasteiger partial charge in [-0.15, -0.1) is 0 Å². The van der Waals surface area contributed by atoms with E-state index in [1.807, 2.05) is 0 Å². The largest absolute Gasteiger partial charge is 0.478 e.